The van der Waals surface area contributed by atoms with E-state index in [-0.39, 0.29) is 6.10 Å². The van der Waals surface area contributed by atoms with Gasteiger partial charge < -0.3 is 9.72 Å². The lowest BCUT2D eigenvalue weighted by Gasteiger charge is -2.31. The van der Waals surface area contributed by atoms with Crippen molar-refractivity contribution < 1.29 is 4.74 Å². The molecular weight excluding hydrogens is 266 g/mol. The van der Waals surface area contributed by atoms with Crippen LogP contribution in [0, 0.1) is 6.92 Å². The fourth-order valence-electron chi connectivity index (χ4n) is 2.71. The Hall–Kier alpha value is -1.66. The smallest absolute Gasteiger partial charge is 0.136 e. The average Bonchev–Trinajstić information content (AvgIpc) is 3.09. The van der Waals surface area contributed by atoms with Gasteiger partial charge in [-0.2, -0.15) is 5.10 Å². The van der Waals surface area contributed by atoms with Gasteiger partial charge in [0.05, 0.1) is 12.8 Å². The highest BCUT2D eigenvalue weighted by molar-refractivity contribution is 5.06. The van der Waals surface area contributed by atoms with E-state index in [1.165, 1.54) is 5.56 Å². The van der Waals surface area contributed by atoms with Gasteiger partial charge in [0.25, 0.3) is 0 Å². The maximum Gasteiger partial charge on any atom is 0.136 e. The number of H-pyrrole nitrogens is 1. The molecule has 0 radical (unpaired) electrons. The third-order valence-corrected chi connectivity index (χ3v) is 3.72. The molecule has 1 atom stereocenters. The van der Waals surface area contributed by atoms with Crippen molar-refractivity contribution in [3.8, 4) is 0 Å². The number of ether oxygens (including phenoxy) is 1. The second-order valence-corrected chi connectivity index (χ2v) is 5.66. The molecule has 0 spiro atoms. The molecule has 0 amide bonds. The van der Waals surface area contributed by atoms with E-state index in [0.29, 0.717) is 0 Å². The maximum atomic E-state index is 5.83. The number of nitrogens with zero attached hydrogens (tertiary/aromatic N) is 4. The van der Waals surface area contributed by atoms with Crippen LogP contribution in [0.1, 0.15) is 36.5 Å². The highest BCUT2D eigenvalue weighted by Crippen LogP contribution is 2.21. The van der Waals surface area contributed by atoms with Crippen molar-refractivity contribution in [1.82, 2.24) is 24.6 Å². The Morgan fingerprint density at radius 3 is 3.10 bits per heavy atom. The lowest BCUT2D eigenvalue weighted by molar-refractivity contribution is -0.0368. The summed E-state index contributed by atoms with van der Waals surface area (Å²) in [7, 11) is 0. The second-order valence-electron chi connectivity index (χ2n) is 5.66. The molecule has 0 aliphatic carbocycles. The highest BCUT2D eigenvalue weighted by Gasteiger charge is 2.24. The van der Waals surface area contributed by atoms with Crippen LogP contribution in [0.5, 0.6) is 0 Å². The molecule has 6 nitrogen and oxygen atoms in total. The molecule has 1 saturated heterocycles. The normalized spacial score (nSPS) is 20.0. The van der Waals surface area contributed by atoms with Gasteiger partial charge in [0, 0.05) is 49.8 Å². The third kappa shape index (κ3) is 3.51. The zero-order valence-corrected chi connectivity index (χ0v) is 12.7. The van der Waals surface area contributed by atoms with E-state index in [1.807, 2.05) is 24.0 Å². The molecule has 2 aromatic rings. The Morgan fingerprint density at radius 1 is 1.43 bits per heavy atom. The number of nitrogens with one attached hydrogen (secondary N) is 1. The van der Waals surface area contributed by atoms with Gasteiger partial charge in [0.2, 0.25) is 0 Å². The Balaban J connectivity index is 1.60. The Labute approximate surface area is 125 Å². The lowest BCUT2D eigenvalue weighted by Crippen LogP contribution is -2.38. The van der Waals surface area contributed by atoms with Crippen LogP contribution in [0.15, 0.2) is 18.6 Å². The van der Waals surface area contributed by atoms with Crippen LogP contribution in [0.4, 0.5) is 0 Å². The zero-order chi connectivity index (χ0) is 14.7. The summed E-state index contributed by atoms with van der Waals surface area (Å²) in [5.41, 5.74) is 2.34. The van der Waals surface area contributed by atoms with E-state index in [4.69, 9.17) is 4.74 Å². The van der Waals surface area contributed by atoms with Crippen molar-refractivity contribution in [1.29, 1.82) is 0 Å². The number of hydrogen-bond donors (Lipinski definition) is 1. The van der Waals surface area contributed by atoms with Crippen molar-refractivity contribution in [2.75, 3.05) is 19.7 Å². The van der Waals surface area contributed by atoms with E-state index in [2.05, 4.69) is 33.1 Å². The topological polar surface area (TPSA) is 59.0 Å². The predicted molar refractivity (Wildman–Crippen MR) is 79.8 cm³/mol. The summed E-state index contributed by atoms with van der Waals surface area (Å²) in [6.45, 7) is 8.65. The number of imidazole rings is 1. The van der Waals surface area contributed by atoms with Gasteiger partial charge in [-0.3, -0.25) is 9.58 Å². The van der Waals surface area contributed by atoms with Crippen molar-refractivity contribution in [3.05, 3.63) is 35.7 Å². The molecule has 1 N–H and O–H groups in total. The maximum absolute atomic E-state index is 5.83. The highest BCUT2D eigenvalue weighted by atomic mass is 16.5. The van der Waals surface area contributed by atoms with Crippen molar-refractivity contribution in [3.63, 3.8) is 0 Å². The summed E-state index contributed by atoms with van der Waals surface area (Å²) >= 11 is 0. The van der Waals surface area contributed by atoms with Gasteiger partial charge in [0.15, 0.2) is 0 Å². The summed E-state index contributed by atoms with van der Waals surface area (Å²) < 4.78 is 7.85. The molecule has 0 saturated carbocycles. The van der Waals surface area contributed by atoms with E-state index < -0.39 is 0 Å². The van der Waals surface area contributed by atoms with Crippen molar-refractivity contribution in [2.45, 2.75) is 39.5 Å². The molecule has 1 aliphatic heterocycles. The molecule has 0 bridgehead atoms. The van der Waals surface area contributed by atoms with Crippen LogP contribution in [-0.4, -0.2) is 44.3 Å². The van der Waals surface area contributed by atoms with Gasteiger partial charge >= 0.3 is 0 Å². The standard InChI is InChI=1S/C15H23N5O/c1-3-4-20-10-13(8-17-20)9-19-5-6-21-14(11-19)15-16-7-12(2)18-15/h7-8,10,14H,3-6,9,11H2,1-2H3,(H,16,18)/t14-/m1/s1. The summed E-state index contributed by atoms with van der Waals surface area (Å²) in [6, 6.07) is 0. The average molecular weight is 289 g/mol. The predicted octanol–water partition coefficient (Wildman–Crippen LogP) is 1.90. The number of aromatic amines is 1. The number of hydrogen-bond acceptors (Lipinski definition) is 4. The Bertz CT molecular complexity index is 576. The fraction of sp³-hybridized carbons (Fsp3) is 0.600. The number of rotatable bonds is 5. The van der Waals surface area contributed by atoms with Gasteiger partial charge in [-0.15, -0.1) is 0 Å². The SMILES string of the molecule is CCCn1cc(CN2CCO[C@@H](c3ncc(C)[nH]3)C2)cn1. The first-order valence-corrected chi connectivity index (χ1v) is 7.61. The Kier molecular flexibility index (Phi) is 4.36. The minimum absolute atomic E-state index is 0.0399. The molecule has 2 aromatic heterocycles. The molecule has 0 aromatic carbocycles. The van der Waals surface area contributed by atoms with E-state index >= 15 is 0 Å². The minimum atomic E-state index is 0.0399. The molecule has 1 aliphatic rings. The largest absolute Gasteiger partial charge is 0.368 e. The van der Waals surface area contributed by atoms with Crippen molar-refractivity contribution >= 4 is 0 Å². The van der Waals surface area contributed by atoms with Gasteiger partial charge in [-0.25, -0.2) is 4.98 Å². The molecule has 1 fully saturated rings. The second kappa shape index (κ2) is 6.41. The first-order valence-electron chi connectivity index (χ1n) is 7.61. The molecule has 0 unspecified atom stereocenters. The van der Waals surface area contributed by atoms with Crippen LogP contribution < -0.4 is 0 Å². The first kappa shape index (κ1) is 14.3. The van der Waals surface area contributed by atoms with Crippen LogP contribution in [0.25, 0.3) is 0 Å². The van der Waals surface area contributed by atoms with Gasteiger partial charge in [-0.1, -0.05) is 6.92 Å². The summed E-state index contributed by atoms with van der Waals surface area (Å²) in [5.74, 6) is 0.930. The molecule has 114 valence electrons. The van der Waals surface area contributed by atoms with Crippen LogP contribution >= 0.6 is 0 Å². The van der Waals surface area contributed by atoms with Gasteiger partial charge in [-0.05, 0) is 13.3 Å². The fourth-order valence-corrected chi connectivity index (χ4v) is 2.71. The first-order chi connectivity index (χ1) is 10.2. The molecule has 3 rings (SSSR count). The van der Waals surface area contributed by atoms with E-state index in [0.717, 1.165) is 50.7 Å². The lowest BCUT2D eigenvalue weighted by atomic mass is 10.2. The third-order valence-electron chi connectivity index (χ3n) is 3.72. The number of morpholine rings is 1. The molecular formula is C15H23N5O. The molecule has 3 heterocycles. The van der Waals surface area contributed by atoms with Crippen LogP contribution in [0.3, 0.4) is 0 Å². The monoisotopic (exact) mass is 289 g/mol. The number of aryl methyl sites for hydroxylation is 2. The van der Waals surface area contributed by atoms with Gasteiger partial charge in [0.1, 0.15) is 11.9 Å². The number of aromatic nitrogens is 4. The summed E-state index contributed by atoms with van der Waals surface area (Å²) in [4.78, 5) is 10.1. The summed E-state index contributed by atoms with van der Waals surface area (Å²) in [5, 5.41) is 4.39. The van der Waals surface area contributed by atoms with E-state index in [9.17, 15) is 0 Å². The minimum Gasteiger partial charge on any atom is -0.368 e. The quantitative estimate of drug-likeness (QED) is 0.913. The zero-order valence-electron chi connectivity index (χ0n) is 12.7. The van der Waals surface area contributed by atoms with Crippen LogP contribution in [0.2, 0.25) is 0 Å². The Morgan fingerprint density at radius 2 is 2.33 bits per heavy atom. The summed E-state index contributed by atoms with van der Waals surface area (Å²) in [6.07, 6.45) is 7.12. The van der Waals surface area contributed by atoms with Crippen LogP contribution in [-0.2, 0) is 17.8 Å². The van der Waals surface area contributed by atoms with E-state index in [1.54, 1.807) is 0 Å². The molecule has 21 heavy (non-hydrogen) atoms. The van der Waals surface area contributed by atoms with Crippen molar-refractivity contribution in [2.24, 2.45) is 0 Å². The molecule has 6 heteroatoms.